The average molecular weight is 282 g/mol. The maximum absolute atomic E-state index is 11.0. The summed E-state index contributed by atoms with van der Waals surface area (Å²) in [6, 6.07) is 1.87. The number of primary amides is 1. The zero-order valence-corrected chi connectivity index (χ0v) is 12.2. The van der Waals surface area contributed by atoms with Gasteiger partial charge in [0.25, 0.3) is 0 Å². The highest BCUT2D eigenvalue weighted by atomic mass is 32.1. The minimum Gasteiger partial charge on any atom is -0.366 e. The quantitative estimate of drug-likeness (QED) is 0.731. The van der Waals surface area contributed by atoms with Gasteiger partial charge in [-0.3, -0.25) is 9.69 Å². The highest BCUT2D eigenvalue weighted by molar-refractivity contribution is 7.10. The fraction of sp³-hybridized carbons (Fsp3) is 0.615. The van der Waals surface area contributed by atoms with Crippen molar-refractivity contribution in [2.45, 2.75) is 6.54 Å². The monoisotopic (exact) mass is 282 g/mol. The van der Waals surface area contributed by atoms with Crippen LogP contribution in [0, 0.1) is 0 Å². The van der Waals surface area contributed by atoms with Crippen molar-refractivity contribution in [3.05, 3.63) is 21.9 Å². The summed E-state index contributed by atoms with van der Waals surface area (Å²) in [4.78, 5) is 17.0. The van der Waals surface area contributed by atoms with E-state index >= 15 is 0 Å². The summed E-state index contributed by atoms with van der Waals surface area (Å²) >= 11 is 1.58. The summed E-state index contributed by atoms with van der Waals surface area (Å²) < 4.78 is 0. The molecule has 106 valence electrons. The third kappa shape index (κ3) is 4.58. The summed E-state index contributed by atoms with van der Waals surface area (Å²) in [7, 11) is 2.17. The number of nitrogens with two attached hydrogens (primary N) is 1. The summed E-state index contributed by atoms with van der Waals surface area (Å²) in [6.45, 7) is 7.51. The zero-order chi connectivity index (χ0) is 13.7. The Kier molecular flexibility index (Phi) is 5.33. The molecule has 0 aliphatic carbocycles. The van der Waals surface area contributed by atoms with E-state index < -0.39 is 0 Å². The van der Waals surface area contributed by atoms with Gasteiger partial charge >= 0.3 is 0 Å². The molecule has 0 aromatic carbocycles. The predicted octanol–water partition coefficient (Wildman–Crippen LogP) is 0.184. The number of carbonyl (C=O) groups excluding carboxylic acids is 1. The first-order valence-corrected chi connectivity index (χ1v) is 7.52. The molecule has 0 saturated carbocycles. The van der Waals surface area contributed by atoms with Crippen LogP contribution in [0.3, 0.4) is 0 Å². The standard InChI is InChI=1S/C13H22N4OS/c1-16-4-6-17(7-5-16)3-2-15-9-12-8-11(10-19-12)13(14)18/h8,10,15H,2-7,9H2,1H3,(H2,14,18). The molecule has 1 aromatic heterocycles. The first-order chi connectivity index (χ1) is 9.15. The topological polar surface area (TPSA) is 61.6 Å². The van der Waals surface area contributed by atoms with Gasteiger partial charge in [-0.25, -0.2) is 0 Å². The SMILES string of the molecule is CN1CCN(CCNCc2cc(C(N)=O)cs2)CC1. The van der Waals surface area contributed by atoms with Crippen molar-refractivity contribution in [2.75, 3.05) is 46.3 Å². The molecular weight excluding hydrogens is 260 g/mol. The van der Waals surface area contributed by atoms with Crippen LogP contribution in [0.2, 0.25) is 0 Å². The largest absolute Gasteiger partial charge is 0.366 e. The second kappa shape index (κ2) is 7.00. The Labute approximate surface area is 118 Å². The molecule has 6 heteroatoms. The molecule has 2 rings (SSSR count). The van der Waals surface area contributed by atoms with Gasteiger partial charge in [0.1, 0.15) is 0 Å². The fourth-order valence-corrected chi connectivity index (χ4v) is 2.97. The van der Waals surface area contributed by atoms with Crippen LogP contribution in [-0.2, 0) is 6.54 Å². The van der Waals surface area contributed by atoms with Crippen molar-refractivity contribution >= 4 is 17.2 Å². The van der Waals surface area contributed by atoms with E-state index in [1.807, 2.05) is 11.4 Å². The molecule has 1 aliphatic rings. The Bertz CT molecular complexity index is 413. The normalized spacial score (nSPS) is 17.7. The van der Waals surface area contributed by atoms with Crippen LogP contribution >= 0.6 is 11.3 Å². The molecule has 0 spiro atoms. The maximum atomic E-state index is 11.0. The van der Waals surface area contributed by atoms with E-state index in [-0.39, 0.29) is 5.91 Å². The van der Waals surface area contributed by atoms with Crippen molar-refractivity contribution in [3.8, 4) is 0 Å². The maximum Gasteiger partial charge on any atom is 0.249 e. The molecule has 1 saturated heterocycles. The van der Waals surface area contributed by atoms with E-state index in [1.165, 1.54) is 0 Å². The van der Waals surface area contributed by atoms with Gasteiger partial charge < -0.3 is 16.0 Å². The lowest BCUT2D eigenvalue weighted by Crippen LogP contribution is -2.46. The molecule has 0 atom stereocenters. The minimum atomic E-state index is -0.347. The second-order valence-electron chi connectivity index (χ2n) is 4.99. The van der Waals surface area contributed by atoms with Crippen molar-refractivity contribution in [1.29, 1.82) is 0 Å². The summed E-state index contributed by atoms with van der Waals surface area (Å²) in [5, 5.41) is 5.23. The number of carbonyl (C=O) groups is 1. The molecule has 0 unspecified atom stereocenters. The van der Waals surface area contributed by atoms with E-state index in [1.54, 1.807) is 11.3 Å². The van der Waals surface area contributed by atoms with Crippen molar-refractivity contribution in [3.63, 3.8) is 0 Å². The molecule has 5 nitrogen and oxygen atoms in total. The van der Waals surface area contributed by atoms with Crippen molar-refractivity contribution in [2.24, 2.45) is 5.73 Å². The van der Waals surface area contributed by atoms with Gasteiger partial charge in [-0.2, -0.15) is 0 Å². The number of piperazine rings is 1. The number of hydrogen-bond donors (Lipinski definition) is 2. The molecule has 19 heavy (non-hydrogen) atoms. The minimum absolute atomic E-state index is 0.347. The average Bonchev–Trinajstić information content (AvgIpc) is 2.86. The Morgan fingerprint density at radius 2 is 2.16 bits per heavy atom. The molecule has 1 aliphatic heterocycles. The summed E-state index contributed by atoms with van der Waals surface area (Å²) in [5.41, 5.74) is 5.84. The van der Waals surface area contributed by atoms with E-state index in [4.69, 9.17) is 5.73 Å². The summed E-state index contributed by atoms with van der Waals surface area (Å²) in [6.07, 6.45) is 0. The Morgan fingerprint density at radius 1 is 1.42 bits per heavy atom. The Balaban J connectivity index is 1.62. The van der Waals surface area contributed by atoms with Gasteiger partial charge in [0, 0.05) is 56.1 Å². The lowest BCUT2D eigenvalue weighted by molar-refractivity contribution is 0.100. The van der Waals surface area contributed by atoms with E-state index in [9.17, 15) is 4.79 Å². The third-order valence-corrected chi connectivity index (χ3v) is 4.37. The van der Waals surface area contributed by atoms with Gasteiger partial charge in [-0.05, 0) is 13.1 Å². The predicted molar refractivity (Wildman–Crippen MR) is 78.5 cm³/mol. The number of hydrogen-bond acceptors (Lipinski definition) is 5. The highest BCUT2D eigenvalue weighted by Crippen LogP contribution is 2.13. The number of thiophene rings is 1. The molecule has 0 bridgehead atoms. The fourth-order valence-electron chi connectivity index (χ4n) is 2.12. The summed E-state index contributed by atoms with van der Waals surface area (Å²) in [5.74, 6) is -0.347. The number of likely N-dealkylation sites (N-methyl/N-ethyl adjacent to an activating group) is 1. The van der Waals surface area contributed by atoms with Crippen molar-refractivity contribution in [1.82, 2.24) is 15.1 Å². The van der Waals surface area contributed by atoms with Gasteiger partial charge in [0.2, 0.25) is 5.91 Å². The smallest absolute Gasteiger partial charge is 0.249 e. The van der Waals surface area contributed by atoms with Crippen LogP contribution in [0.25, 0.3) is 0 Å². The molecule has 3 N–H and O–H groups in total. The van der Waals surface area contributed by atoms with Gasteiger partial charge in [0.15, 0.2) is 0 Å². The van der Waals surface area contributed by atoms with E-state index in [0.717, 1.165) is 50.7 Å². The van der Waals surface area contributed by atoms with Gasteiger partial charge in [0.05, 0.1) is 5.56 Å². The van der Waals surface area contributed by atoms with Crippen LogP contribution in [0.15, 0.2) is 11.4 Å². The van der Waals surface area contributed by atoms with Crippen LogP contribution in [0.4, 0.5) is 0 Å². The number of amides is 1. The van der Waals surface area contributed by atoms with E-state index in [2.05, 4.69) is 22.2 Å². The number of rotatable bonds is 6. The van der Waals surface area contributed by atoms with Crippen molar-refractivity contribution < 1.29 is 4.79 Å². The van der Waals surface area contributed by atoms with Crippen LogP contribution in [0.5, 0.6) is 0 Å². The van der Waals surface area contributed by atoms with E-state index in [0.29, 0.717) is 5.56 Å². The molecule has 1 amide bonds. The lowest BCUT2D eigenvalue weighted by Gasteiger charge is -2.32. The van der Waals surface area contributed by atoms with Gasteiger partial charge in [-0.1, -0.05) is 0 Å². The molecular formula is C13H22N4OS. The molecule has 1 fully saturated rings. The Hall–Kier alpha value is -0.950. The number of nitrogens with zero attached hydrogens (tertiary/aromatic N) is 2. The zero-order valence-electron chi connectivity index (χ0n) is 11.4. The highest BCUT2D eigenvalue weighted by Gasteiger charge is 2.12. The lowest BCUT2D eigenvalue weighted by atomic mass is 10.3. The molecule has 1 aromatic rings. The number of nitrogens with one attached hydrogen (secondary N) is 1. The van der Waals surface area contributed by atoms with Crippen LogP contribution in [0.1, 0.15) is 15.2 Å². The van der Waals surface area contributed by atoms with Crippen LogP contribution < -0.4 is 11.1 Å². The molecule has 2 heterocycles. The van der Waals surface area contributed by atoms with Gasteiger partial charge in [-0.15, -0.1) is 11.3 Å². The second-order valence-corrected chi connectivity index (χ2v) is 5.98. The first-order valence-electron chi connectivity index (χ1n) is 6.64. The Morgan fingerprint density at radius 3 is 2.79 bits per heavy atom. The molecule has 0 radical (unpaired) electrons. The third-order valence-electron chi connectivity index (χ3n) is 3.44. The first kappa shape index (κ1) is 14.5. The van der Waals surface area contributed by atoms with Crippen LogP contribution in [-0.4, -0.2) is 62.0 Å².